The van der Waals surface area contributed by atoms with Crippen molar-refractivity contribution in [3.8, 4) is 11.5 Å². The number of nitrogen functional groups attached to an aromatic ring is 1. The summed E-state index contributed by atoms with van der Waals surface area (Å²) in [5, 5.41) is 5.20. The van der Waals surface area contributed by atoms with Crippen molar-refractivity contribution in [2.75, 3.05) is 30.1 Å². The molecule has 0 aliphatic carbocycles. The zero-order valence-electron chi connectivity index (χ0n) is 18.5. The maximum absolute atomic E-state index is 13.2. The number of nitrogens with two attached hydrogens (primary N) is 1. The zero-order valence-corrected chi connectivity index (χ0v) is 19.3. The predicted octanol–water partition coefficient (Wildman–Crippen LogP) is 5.05. The van der Waals surface area contributed by atoms with Gasteiger partial charge in [-0.15, -0.1) is 0 Å². The van der Waals surface area contributed by atoms with Gasteiger partial charge in [0.1, 0.15) is 5.82 Å². The van der Waals surface area contributed by atoms with Gasteiger partial charge in [-0.1, -0.05) is 23.7 Å². The quantitative estimate of drug-likeness (QED) is 0.307. The van der Waals surface area contributed by atoms with Crippen molar-refractivity contribution in [1.82, 2.24) is 0 Å². The number of carbonyl (C=O) groups is 2. The second kappa shape index (κ2) is 11.2. The van der Waals surface area contributed by atoms with Crippen LogP contribution in [0.3, 0.4) is 0 Å². The minimum absolute atomic E-state index is 0.0972. The smallest absolute Gasteiger partial charge is 0.262 e. The molecule has 3 aromatic carbocycles. The van der Waals surface area contributed by atoms with Gasteiger partial charge in [-0.3, -0.25) is 9.59 Å². The second-order valence-electron chi connectivity index (χ2n) is 7.29. The number of hydrogen-bond acceptors (Lipinski definition) is 5. The van der Waals surface area contributed by atoms with Crippen molar-refractivity contribution in [3.63, 3.8) is 0 Å². The van der Waals surface area contributed by atoms with E-state index in [1.807, 2.05) is 13.0 Å². The highest BCUT2D eigenvalue weighted by Gasteiger charge is 2.10. The Kier molecular flexibility index (Phi) is 8.10. The topological polar surface area (TPSA) is 103 Å². The summed E-state index contributed by atoms with van der Waals surface area (Å²) in [4.78, 5) is 24.4. The largest absolute Gasteiger partial charge is 0.493 e. The van der Waals surface area contributed by atoms with Crippen molar-refractivity contribution in [3.05, 3.63) is 82.6 Å². The van der Waals surface area contributed by atoms with Crippen molar-refractivity contribution in [1.29, 1.82) is 0 Å². The fourth-order valence-electron chi connectivity index (χ4n) is 2.96. The SMILES string of the molecule is COc1cc(/C=C/C(=O)Nc2ccc(C)cc2N)ccc1OCC(=O)Nc1ccc(F)c(Cl)c1. The summed E-state index contributed by atoms with van der Waals surface area (Å²) in [5.74, 6) is -0.661. The number of anilines is 3. The third-order valence-corrected chi connectivity index (χ3v) is 4.93. The van der Waals surface area contributed by atoms with Crippen LogP contribution in [0.2, 0.25) is 5.02 Å². The molecule has 0 radical (unpaired) electrons. The van der Waals surface area contributed by atoms with E-state index in [-0.39, 0.29) is 17.5 Å². The molecule has 34 heavy (non-hydrogen) atoms. The molecule has 0 aliphatic rings. The van der Waals surface area contributed by atoms with Crippen molar-refractivity contribution < 1.29 is 23.5 Å². The first-order chi connectivity index (χ1) is 16.2. The number of carbonyl (C=O) groups excluding carboxylic acids is 2. The number of hydrogen-bond donors (Lipinski definition) is 3. The molecule has 0 aliphatic heterocycles. The molecule has 0 aromatic heterocycles. The molecular weight excluding hydrogens is 461 g/mol. The molecule has 3 rings (SSSR count). The standard InChI is InChI=1S/C25H23ClFN3O4/c1-15-3-8-21(20(28)11-15)30-24(31)10-5-16-4-9-22(23(12-16)33-2)34-14-25(32)29-17-6-7-19(27)18(26)13-17/h3-13H,14,28H2,1-2H3,(H,29,32)(H,30,31)/b10-5+. The molecule has 0 heterocycles. The van der Waals surface area contributed by atoms with Crippen molar-refractivity contribution in [2.45, 2.75) is 6.92 Å². The van der Waals surface area contributed by atoms with E-state index in [1.54, 1.807) is 36.4 Å². The van der Waals surface area contributed by atoms with E-state index < -0.39 is 11.7 Å². The maximum Gasteiger partial charge on any atom is 0.262 e. The highest BCUT2D eigenvalue weighted by Crippen LogP contribution is 2.29. The van der Waals surface area contributed by atoms with Crippen molar-refractivity contribution in [2.24, 2.45) is 0 Å². The molecule has 0 unspecified atom stereocenters. The molecule has 0 saturated heterocycles. The lowest BCUT2D eigenvalue weighted by atomic mass is 10.1. The molecule has 3 aromatic rings. The summed E-state index contributed by atoms with van der Waals surface area (Å²) in [5.41, 5.74) is 8.96. The molecule has 0 saturated carbocycles. The third kappa shape index (κ3) is 6.73. The second-order valence-corrected chi connectivity index (χ2v) is 7.70. The minimum Gasteiger partial charge on any atom is -0.493 e. The Bertz CT molecular complexity index is 1250. The number of ether oxygens (including phenoxy) is 2. The van der Waals surface area contributed by atoms with Crippen LogP contribution in [0.4, 0.5) is 21.5 Å². The van der Waals surface area contributed by atoms with E-state index >= 15 is 0 Å². The van der Waals surface area contributed by atoms with Gasteiger partial charge in [0.25, 0.3) is 5.91 Å². The molecule has 0 bridgehead atoms. The zero-order chi connectivity index (χ0) is 24.7. The van der Waals surface area contributed by atoms with Gasteiger partial charge >= 0.3 is 0 Å². The van der Waals surface area contributed by atoms with Gasteiger partial charge in [0.2, 0.25) is 5.91 Å². The molecular formula is C25H23ClFN3O4. The van der Waals surface area contributed by atoms with Crippen LogP contribution in [-0.4, -0.2) is 25.5 Å². The fourth-order valence-corrected chi connectivity index (χ4v) is 3.14. The van der Waals surface area contributed by atoms with Gasteiger partial charge in [0.15, 0.2) is 18.1 Å². The van der Waals surface area contributed by atoms with Crippen LogP contribution in [0.5, 0.6) is 11.5 Å². The van der Waals surface area contributed by atoms with E-state index in [4.69, 9.17) is 26.8 Å². The van der Waals surface area contributed by atoms with E-state index in [2.05, 4.69) is 10.6 Å². The predicted molar refractivity (Wildman–Crippen MR) is 132 cm³/mol. The average molecular weight is 484 g/mol. The average Bonchev–Trinajstić information content (AvgIpc) is 2.80. The Hall–Kier alpha value is -4.04. The third-order valence-electron chi connectivity index (χ3n) is 4.64. The molecule has 4 N–H and O–H groups in total. The van der Waals surface area contributed by atoms with Gasteiger partial charge in [0.05, 0.1) is 23.5 Å². The van der Waals surface area contributed by atoms with Crippen LogP contribution < -0.4 is 25.8 Å². The minimum atomic E-state index is -0.577. The van der Waals surface area contributed by atoms with Gasteiger partial charge in [-0.2, -0.15) is 0 Å². The Morgan fingerprint density at radius 1 is 1.06 bits per heavy atom. The van der Waals surface area contributed by atoms with Crippen LogP contribution in [0.15, 0.2) is 60.7 Å². The summed E-state index contributed by atoms with van der Waals surface area (Å²) in [6.45, 7) is 1.61. The van der Waals surface area contributed by atoms with E-state index in [9.17, 15) is 14.0 Å². The summed E-state index contributed by atoms with van der Waals surface area (Å²) in [6.07, 6.45) is 2.98. The summed E-state index contributed by atoms with van der Waals surface area (Å²) >= 11 is 5.71. The summed E-state index contributed by atoms with van der Waals surface area (Å²) in [7, 11) is 1.46. The molecule has 0 fully saturated rings. The molecule has 2 amide bonds. The van der Waals surface area contributed by atoms with Crippen molar-refractivity contribution >= 4 is 46.6 Å². The molecule has 7 nitrogen and oxygen atoms in total. The van der Waals surface area contributed by atoms with Gasteiger partial charge in [-0.25, -0.2) is 4.39 Å². The molecule has 9 heteroatoms. The lowest BCUT2D eigenvalue weighted by Gasteiger charge is -2.12. The Morgan fingerprint density at radius 3 is 2.56 bits per heavy atom. The van der Waals surface area contributed by atoms with Gasteiger partial charge in [-0.05, 0) is 66.6 Å². The number of nitrogens with one attached hydrogen (secondary N) is 2. The lowest BCUT2D eigenvalue weighted by molar-refractivity contribution is -0.118. The molecule has 0 spiro atoms. The number of methoxy groups -OCH3 is 1. The van der Waals surface area contributed by atoms with E-state index in [0.29, 0.717) is 34.1 Å². The molecule has 176 valence electrons. The first-order valence-corrected chi connectivity index (χ1v) is 10.5. The highest BCUT2D eigenvalue weighted by atomic mass is 35.5. The first kappa shape index (κ1) is 24.6. The lowest BCUT2D eigenvalue weighted by Crippen LogP contribution is -2.20. The molecule has 0 atom stereocenters. The van der Waals surface area contributed by atoms with Crippen LogP contribution >= 0.6 is 11.6 Å². The van der Waals surface area contributed by atoms with Gasteiger partial charge in [0, 0.05) is 11.8 Å². The van der Waals surface area contributed by atoms with Crippen LogP contribution in [-0.2, 0) is 9.59 Å². The number of benzene rings is 3. The fraction of sp³-hybridized carbons (Fsp3) is 0.120. The summed E-state index contributed by atoms with van der Waals surface area (Å²) < 4.78 is 24.1. The van der Waals surface area contributed by atoms with Crippen LogP contribution in [0, 0.1) is 12.7 Å². The maximum atomic E-state index is 13.2. The number of rotatable bonds is 8. The van der Waals surface area contributed by atoms with Crippen LogP contribution in [0.1, 0.15) is 11.1 Å². The number of aryl methyl sites for hydroxylation is 1. The number of amides is 2. The monoisotopic (exact) mass is 483 g/mol. The number of halogens is 2. The van der Waals surface area contributed by atoms with E-state index in [1.165, 1.54) is 25.3 Å². The highest BCUT2D eigenvalue weighted by molar-refractivity contribution is 6.31. The summed E-state index contributed by atoms with van der Waals surface area (Å²) in [6, 6.07) is 14.2. The Labute approximate surface area is 201 Å². The normalized spacial score (nSPS) is 10.7. The Balaban J connectivity index is 1.59. The van der Waals surface area contributed by atoms with E-state index in [0.717, 1.165) is 11.6 Å². The first-order valence-electron chi connectivity index (χ1n) is 10.2. The van der Waals surface area contributed by atoms with Gasteiger partial charge < -0.3 is 25.8 Å². The van der Waals surface area contributed by atoms with Crippen LogP contribution in [0.25, 0.3) is 6.08 Å². The Morgan fingerprint density at radius 2 is 1.85 bits per heavy atom.